The van der Waals surface area contributed by atoms with Gasteiger partial charge in [-0.2, -0.15) is 5.10 Å². The normalized spacial score (nSPS) is 12.3. The number of amides is 1. The van der Waals surface area contributed by atoms with E-state index in [0.717, 1.165) is 17.0 Å². The minimum absolute atomic E-state index is 0.335. The Kier molecular flexibility index (Phi) is 6.80. The Morgan fingerprint density at radius 1 is 1.10 bits per heavy atom. The molecule has 8 nitrogen and oxygen atoms in total. The Morgan fingerprint density at radius 3 is 2.32 bits per heavy atom. The van der Waals surface area contributed by atoms with Gasteiger partial charge >= 0.3 is 5.97 Å². The van der Waals surface area contributed by atoms with Crippen molar-refractivity contribution in [2.24, 2.45) is 7.05 Å². The molecule has 3 aromatic rings. The van der Waals surface area contributed by atoms with E-state index in [1.807, 2.05) is 25.2 Å². The second-order valence-electron chi connectivity index (χ2n) is 6.81. The Hall–Kier alpha value is -3.96. The second-order valence-corrected chi connectivity index (χ2v) is 6.81. The van der Waals surface area contributed by atoms with E-state index in [1.54, 1.807) is 41.3 Å². The molecule has 31 heavy (non-hydrogen) atoms. The fourth-order valence-corrected chi connectivity index (χ4v) is 2.82. The molecule has 0 saturated heterocycles. The molecular formula is C23H22N4O4. The summed E-state index contributed by atoms with van der Waals surface area (Å²) in [5.41, 5.74) is 3.53. The number of hydrogen-bond acceptors (Lipinski definition) is 6. The molecule has 0 unspecified atom stereocenters. The Morgan fingerprint density at radius 2 is 1.77 bits per heavy atom. The van der Waals surface area contributed by atoms with E-state index in [9.17, 15) is 14.7 Å². The van der Waals surface area contributed by atoms with Crippen LogP contribution in [-0.4, -0.2) is 51.0 Å². The third-order valence-electron chi connectivity index (χ3n) is 4.57. The number of hydrogen-bond donors (Lipinski definition) is 2. The SMILES string of the molecule is COC(=O)[C@H](NC(=O)c1ccc(C#Cc2ccc(-c3ccnn3C)nc2)cc1)[C@@H](C)O. The van der Waals surface area contributed by atoms with Crippen molar-refractivity contribution < 1.29 is 19.4 Å². The summed E-state index contributed by atoms with van der Waals surface area (Å²) < 4.78 is 6.35. The molecular weight excluding hydrogens is 396 g/mol. The van der Waals surface area contributed by atoms with Gasteiger partial charge in [-0.3, -0.25) is 14.5 Å². The maximum atomic E-state index is 12.3. The van der Waals surface area contributed by atoms with Gasteiger partial charge in [0, 0.05) is 36.1 Å². The largest absolute Gasteiger partial charge is 0.467 e. The smallest absolute Gasteiger partial charge is 0.331 e. The van der Waals surface area contributed by atoms with Crippen LogP contribution in [0.25, 0.3) is 11.4 Å². The van der Waals surface area contributed by atoms with Crippen LogP contribution in [0, 0.1) is 11.8 Å². The molecule has 1 amide bonds. The van der Waals surface area contributed by atoms with Gasteiger partial charge in [-0.15, -0.1) is 0 Å². The van der Waals surface area contributed by atoms with Crippen LogP contribution in [-0.2, 0) is 16.6 Å². The molecule has 8 heteroatoms. The van der Waals surface area contributed by atoms with Crippen LogP contribution in [0.15, 0.2) is 54.9 Å². The van der Waals surface area contributed by atoms with Gasteiger partial charge in [0.2, 0.25) is 0 Å². The standard InChI is InChI=1S/C23H22N4O4/c1-15(28)21(23(30)31-3)26-22(29)18-9-6-16(7-10-18)4-5-17-8-11-19(24-14-17)20-12-13-25-27(20)2/h6-15,21,28H,1-3H3,(H,26,29)/t15-,21-/m1/s1. The Balaban J connectivity index is 1.67. The van der Waals surface area contributed by atoms with Crippen molar-refractivity contribution in [2.75, 3.05) is 7.11 Å². The first-order chi connectivity index (χ1) is 14.9. The third-order valence-corrected chi connectivity index (χ3v) is 4.57. The average molecular weight is 418 g/mol. The zero-order valence-corrected chi connectivity index (χ0v) is 17.4. The molecule has 158 valence electrons. The summed E-state index contributed by atoms with van der Waals surface area (Å²) in [7, 11) is 3.05. The van der Waals surface area contributed by atoms with Crippen LogP contribution in [0.5, 0.6) is 0 Å². The number of aliphatic hydroxyl groups is 1. The van der Waals surface area contributed by atoms with Crippen LogP contribution in [0.2, 0.25) is 0 Å². The first-order valence-corrected chi connectivity index (χ1v) is 9.52. The van der Waals surface area contributed by atoms with Crippen LogP contribution in [0.3, 0.4) is 0 Å². The molecule has 0 saturated carbocycles. The highest BCUT2D eigenvalue weighted by Crippen LogP contribution is 2.15. The van der Waals surface area contributed by atoms with Crippen molar-refractivity contribution in [2.45, 2.75) is 19.1 Å². The first-order valence-electron chi connectivity index (χ1n) is 9.52. The van der Waals surface area contributed by atoms with Gasteiger partial charge in [-0.25, -0.2) is 4.79 Å². The third kappa shape index (κ3) is 5.35. The lowest BCUT2D eigenvalue weighted by molar-refractivity contribution is -0.145. The van der Waals surface area contributed by atoms with Gasteiger partial charge in [0.05, 0.1) is 24.6 Å². The van der Waals surface area contributed by atoms with E-state index in [-0.39, 0.29) is 0 Å². The summed E-state index contributed by atoms with van der Waals surface area (Å²) >= 11 is 0. The van der Waals surface area contributed by atoms with Crippen molar-refractivity contribution in [1.82, 2.24) is 20.1 Å². The fraction of sp³-hybridized carbons (Fsp3) is 0.217. The predicted molar refractivity (Wildman–Crippen MR) is 114 cm³/mol. The number of rotatable bonds is 5. The van der Waals surface area contributed by atoms with Crippen molar-refractivity contribution in [3.05, 3.63) is 71.5 Å². The van der Waals surface area contributed by atoms with E-state index in [1.165, 1.54) is 14.0 Å². The number of nitrogens with one attached hydrogen (secondary N) is 1. The molecule has 0 radical (unpaired) electrons. The molecule has 1 aromatic carbocycles. The summed E-state index contributed by atoms with van der Waals surface area (Å²) in [6.07, 6.45) is 2.33. The number of aliphatic hydroxyl groups excluding tert-OH is 1. The number of nitrogens with zero attached hydrogens (tertiary/aromatic N) is 3. The first kappa shape index (κ1) is 21.7. The van der Waals surface area contributed by atoms with E-state index in [0.29, 0.717) is 11.1 Å². The highest BCUT2D eigenvalue weighted by molar-refractivity contribution is 5.97. The lowest BCUT2D eigenvalue weighted by atomic mass is 10.1. The number of carbonyl (C=O) groups is 2. The molecule has 2 N–H and O–H groups in total. The maximum Gasteiger partial charge on any atom is 0.331 e. The molecule has 0 aliphatic carbocycles. The van der Waals surface area contributed by atoms with Crippen LogP contribution in [0.4, 0.5) is 0 Å². The van der Waals surface area contributed by atoms with Gasteiger partial charge in [0.1, 0.15) is 0 Å². The number of carbonyl (C=O) groups excluding carboxylic acids is 2. The molecule has 0 spiro atoms. The summed E-state index contributed by atoms with van der Waals surface area (Å²) in [5.74, 6) is 4.85. The maximum absolute atomic E-state index is 12.3. The number of aryl methyl sites for hydroxylation is 1. The number of methoxy groups -OCH3 is 1. The van der Waals surface area contributed by atoms with Crippen molar-refractivity contribution in [3.8, 4) is 23.2 Å². The van der Waals surface area contributed by atoms with Crippen LogP contribution < -0.4 is 5.32 Å². The molecule has 2 heterocycles. The van der Waals surface area contributed by atoms with Gasteiger partial charge in [-0.05, 0) is 49.4 Å². The number of pyridine rings is 1. The van der Waals surface area contributed by atoms with E-state index >= 15 is 0 Å². The Labute approximate surface area is 179 Å². The highest BCUT2D eigenvalue weighted by Gasteiger charge is 2.26. The van der Waals surface area contributed by atoms with Gasteiger partial charge < -0.3 is 15.2 Å². The van der Waals surface area contributed by atoms with Crippen LogP contribution >= 0.6 is 0 Å². The number of aromatic nitrogens is 3. The van der Waals surface area contributed by atoms with E-state index in [2.05, 4.69) is 32.0 Å². The monoisotopic (exact) mass is 418 g/mol. The van der Waals surface area contributed by atoms with Crippen LogP contribution in [0.1, 0.15) is 28.4 Å². The Bertz CT molecular complexity index is 1120. The van der Waals surface area contributed by atoms with Crippen molar-refractivity contribution in [1.29, 1.82) is 0 Å². The molecule has 0 bridgehead atoms. The fourth-order valence-electron chi connectivity index (χ4n) is 2.82. The molecule has 0 aliphatic rings. The number of esters is 1. The molecule has 0 fully saturated rings. The lowest BCUT2D eigenvalue weighted by Gasteiger charge is -2.18. The summed E-state index contributed by atoms with van der Waals surface area (Å²) in [5, 5.41) is 16.3. The zero-order valence-electron chi connectivity index (χ0n) is 17.4. The lowest BCUT2D eigenvalue weighted by Crippen LogP contribution is -2.48. The highest BCUT2D eigenvalue weighted by atomic mass is 16.5. The second kappa shape index (κ2) is 9.69. The van der Waals surface area contributed by atoms with Gasteiger partial charge in [-0.1, -0.05) is 11.8 Å². The molecule has 2 atom stereocenters. The van der Waals surface area contributed by atoms with Gasteiger partial charge in [0.15, 0.2) is 6.04 Å². The minimum Gasteiger partial charge on any atom is -0.467 e. The quantitative estimate of drug-likeness (QED) is 0.481. The zero-order chi connectivity index (χ0) is 22.4. The topological polar surface area (TPSA) is 106 Å². The van der Waals surface area contributed by atoms with Crippen molar-refractivity contribution >= 4 is 11.9 Å². The summed E-state index contributed by atoms with van der Waals surface area (Å²) in [6, 6.07) is 11.1. The van der Waals surface area contributed by atoms with E-state index < -0.39 is 24.0 Å². The molecule has 3 rings (SSSR count). The minimum atomic E-state index is -1.14. The number of ether oxygens (including phenoxy) is 1. The average Bonchev–Trinajstić information content (AvgIpc) is 3.21. The summed E-state index contributed by atoms with van der Waals surface area (Å²) in [4.78, 5) is 28.4. The van der Waals surface area contributed by atoms with Gasteiger partial charge in [0.25, 0.3) is 5.91 Å². The molecule has 2 aromatic heterocycles. The number of benzene rings is 1. The predicted octanol–water partition coefficient (Wildman–Crippen LogP) is 1.53. The molecule has 0 aliphatic heterocycles. The van der Waals surface area contributed by atoms with E-state index in [4.69, 9.17) is 0 Å². The summed E-state index contributed by atoms with van der Waals surface area (Å²) in [6.45, 7) is 1.40. The van der Waals surface area contributed by atoms with Crippen molar-refractivity contribution in [3.63, 3.8) is 0 Å².